The minimum Gasteiger partial charge on any atom is -0.462 e. The summed E-state index contributed by atoms with van der Waals surface area (Å²) < 4.78 is 22.0. The first-order chi connectivity index (χ1) is 26.8. The van der Waals surface area contributed by atoms with Crippen LogP contribution in [-0.4, -0.2) is 89.0 Å². The molecule has 55 heavy (non-hydrogen) atoms. The molecule has 1 aliphatic rings. The van der Waals surface area contributed by atoms with Crippen molar-refractivity contribution < 1.29 is 49.0 Å². The van der Waals surface area contributed by atoms with Gasteiger partial charge >= 0.3 is 11.9 Å². The zero-order valence-corrected chi connectivity index (χ0v) is 33.9. The summed E-state index contributed by atoms with van der Waals surface area (Å²) >= 11 is 0. The lowest BCUT2D eigenvalue weighted by molar-refractivity contribution is -0.305. The normalized spacial score (nSPS) is 21.3. The molecule has 10 nitrogen and oxygen atoms in total. The van der Waals surface area contributed by atoms with E-state index in [0.29, 0.717) is 12.8 Å². The minimum absolute atomic E-state index is 0.147. The van der Waals surface area contributed by atoms with E-state index in [2.05, 4.69) is 74.6 Å². The summed E-state index contributed by atoms with van der Waals surface area (Å²) in [5.74, 6) is -0.923. The van der Waals surface area contributed by atoms with E-state index in [1.54, 1.807) is 0 Å². The van der Waals surface area contributed by atoms with Gasteiger partial charge in [-0.3, -0.25) is 9.59 Å². The quantitative estimate of drug-likeness (QED) is 0.0291. The van der Waals surface area contributed by atoms with Gasteiger partial charge in [0.05, 0.1) is 13.2 Å². The Morgan fingerprint density at radius 2 is 1.07 bits per heavy atom. The average molecular weight is 775 g/mol. The highest BCUT2D eigenvalue weighted by Crippen LogP contribution is 2.22. The van der Waals surface area contributed by atoms with Crippen molar-refractivity contribution in [2.24, 2.45) is 0 Å². The number of aliphatic hydroxyl groups excluding tert-OH is 4. The van der Waals surface area contributed by atoms with Gasteiger partial charge in [-0.05, 0) is 70.6 Å². The number of carbonyl (C=O) groups is 2. The number of esters is 2. The van der Waals surface area contributed by atoms with Gasteiger partial charge in [0.1, 0.15) is 31.0 Å². The maximum atomic E-state index is 12.7. The summed E-state index contributed by atoms with van der Waals surface area (Å²) in [6.45, 7) is 3.24. The molecule has 6 atom stereocenters. The first kappa shape index (κ1) is 50.2. The zero-order valence-electron chi connectivity index (χ0n) is 33.9. The molecule has 0 spiro atoms. The van der Waals surface area contributed by atoms with Crippen LogP contribution in [0, 0.1) is 0 Å². The Balaban J connectivity index is 2.41. The van der Waals surface area contributed by atoms with Crippen LogP contribution in [0.1, 0.15) is 142 Å². The van der Waals surface area contributed by atoms with E-state index in [-0.39, 0.29) is 26.1 Å². The van der Waals surface area contributed by atoms with E-state index < -0.39 is 55.4 Å². The minimum atomic E-state index is -1.61. The molecule has 0 aromatic carbocycles. The Hall–Kier alpha value is -2.86. The van der Waals surface area contributed by atoms with Gasteiger partial charge in [0, 0.05) is 12.8 Å². The third-order valence-electron chi connectivity index (χ3n) is 9.08. The second-order valence-electron chi connectivity index (χ2n) is 14.1. The van der Waals surface area contributed by atoms with Crippen molar-refractivity contribution in [1.29, 1.82) is 0 Å². The first-order valence-electron chi connectivity index (χ1n) is 21.0. The maximum absolute atomic E-state index is 12.7. The lowest BCUT2D eigenvalue weighted by Gasteiger charge is -2.39. The fraction of sp³-hybridized carbons (Fsp3) is 0.689. The number of hydrogen-bond donors (Lipinski definition) is 4. The summed E-state index contributed by atoms with van der Waals surface area (Å²) in [6.07, 6.45) is 36.4. The Labute approximate surface area is 332 Å². The Morgan fingerprint density at radius 3 is 1.67 bits per heavy atom. The summed E-state index contributed by atoms with van der Waals surface area (Å²) in [5.41, 5.74) is 0. The van der Waals surface area contributed by atoms with E-state index in [1.165, 1.54) is 38.5 Å². The molecule has 1 heterocycles. The van der Waals surface area contributed by atoms with Gasteiger partial charge in [0.2, 0.25) is 0 Å². The van der Waals surface area contributed by atoms with Crippen molar-refractivity contribution in [3.8, 4) is 0 Å². The van der Waals surface area contributed by atoms with Crippen LogP contribution in [-0.2, 0) is 28.5 Å². The van der Waals surface area contributed by atoms with Crippen LogP contribution in [0.25, 0.3) is 0 Å². The molecule has 0 bridgehead atoms. The van der Waals surface area contributed by atoms with Gasteiger partial charge in [-0.1, -0.05) is 132 Å². The molecule has 10 heteroatoms. The van der Waals surface area contributed by atoms with Crippen molar-refractivity contribution in [2.45, 2.75) is 179 Å². The second kappa shape index (κ2) is 35.5. The molecule has 4 N–H and O–H groups in total. The highest BCUT2D eigenvalue weighted by Gasteiger charge is 2.44. The molecule has 0 radical (unpaired) electrons. The molecule has 1 aliphatic heterocycles. The molecular weight excluding hydrogens is 700 g/mol. The standard InChI is InChI=1S/C45H74O10/c1-3-5-7-9-11-13-15-16-17-18-19-20-21-22-24-25-27-29-31-33-40(47)52-36-38(37-53-45-44(51)43(50)42(49)39(35-46)55-45)54-41(48)34-32-30-28-26-23-14-12-10-8-6-4-2/h10-13,16-17,19-20,22,24,27,29,38-39,42-46,49-51H,3-9,14-15,18,21,23,25-26,28,30-37H2,1-2H3/b12-10+,13-11+,17-16+,20-19+,24-22+,29-27+/t38-,39-,42+,43?,44?,45-/m0/s1. The van der Waals surface area contributed by atoms with Crippen LogP contribution in [0.15, 0.2) is 72.9 Å². The molecule has 0 saturated carbocycles. The molecule has 0 amide bonds. The Morgan fingerprint density at radius 1 is 0.564 bits per heavy atom. The molecule has 2 unspecified atom stereocenters. The van der Waals surface area contributed by atoms with E-state index in [4.69, 9.17) is 18.9 Å². The van der Waals surface area contributed by atoms with Crippen molar-refractivity contribution >= 4 is 11.9 Å². The molecule has 0 aliphatic carbocycles. The van der Waals surface area contributed by atoms with Gasteiger partial charge < -0.3 is 39.4 Å². The topological polar surface area (TPSA) is 152 Å². The number of rotatable bonds is 33. The molecule has 0 aromatic heterocycles. The van der Waals surface area contributed by atoms with Crippen LogP contribution in [0.5, 0.6) is 0 Å². The van der Waals surface area contributed by atoms with Crippen LogP contribution in [0.2, 0.25) is 0 Å². The van der Waals surface area contributed by atoms with Crippen LogP contribution >= 0.6 is 0 Å². The van der Waals surface area contributed by atoms with E-state index >= 15 is 0 Å². The molecule has 0 aromatic rings. The SMILES string of the molecule is CCCC/C=C/CCCCCCCC(=O)O[C@@H](COC(=O)CC/C=C/C/C=C/C/C=C/C/C=C/C/C=C/CCCCC)CO[C@H]1O[C@@H](CO)[C@@H](O)C(O)C1O. The van der Waals surface area contributed by atoms with Crippen LogP contribution in [0.4, 0.5) is 0 Å². The number of allylic oxidation sites excluding steroid dienone is 12. The number of carbonyl (C=O) groups excluding carboxylic acids is 2. The van der Waals surface area contributed by atoms with Gasteiger partial charge in [0.25, 0.3) is 0 Å². The fourth-order valence-electron chi connectivity index (χ4n) is 5.68. The lowest BCUT2D eigenvalue weighted by atomic mass is 9.99. The maximum Gasteiger partial charge on any atom is 0.306 e. The van der Waals surface area contributed by atoms with Crippen LogP contribution in [0.3, 0.4) is 0 Å². The Kier molecular flexibility index (Phi) is 32.4. The third kappa shape index (κ3) is 27.4. The summed E-state index contributed by atoms with van der Waals surface area (Å²) in [4.78, 5) is 25.2. The number of aliphatic hydroxyl groups is 4. The second-order valence-corrected chi connectivity index (χ2v) is 14.1. The largest absolute Gasteiger partial charge is 0.462 e. The van der Waals surface area contributed by atoms with Gasteiger partial charge in [-0.25, -0.2) is 0 Å². The molecule has 1 fully saturated rings. The number of ether oxygens (including phenoxy) is 4. The van der Waals surface area contributed by atoms with Crippen LogP contribution < -0.4 is 0 Å². The summed E-state index contributed by atoms with van der Waals surface area (Å²) in [5, 5.41) is 40.0. The smallest absolute Gasteiger partial charge is 0.306 e. The third-order valence-corrected chi connectivity index (χ3v) is 9.08. The van der Waals surface area contributed by atoms with Gasteiger partial charge in [-0.2, -0.15) is 0 Å². The number of unbranched alkanes of at least 4 members (excludes halogenated alkanes) is 10. The number of hydrogen-bond acceptors (Lipinski definition) is 10. The molecule has 1 rings (SSSR count). The van der Waals surface area contributed by atoms with Gasteiger partial charge in [-0.15, -0.1) is 0 Å². The monoisotopic (exact) mass is 775 g/mol. The van der Waals surface area contributed by atoms with Crippen molar-refractivity contribution in [3.63, 3.8) is 0 Å². The van der Waals surface area contributed by atoms with E-state index in [9.17, 15) is 30.0 Å². The summed E-state index contributed by atoms with van der Waals surface area (Å²) in [6, 6.07) is 0. The highest BCUT2D eigenvalue weighted by atomic mass is 16.7. The van der Waals surface area contributed by atoms with E-state index in [1.807, 2.05) is 12.2 Å². The van der Waals surface area contributed by atoms with Gasteiger partial charge in [0.15, 0.2) is 12.4 Å². The zero-order chi connectivity index (χ0) is 40.2. The van der Waals surface area contributed by atoms with E-state index in [0.717, 1.165) is 64.2 Å². The van der Waals surface area contributed by atoms with Crippen molar-refractivity contribution in [1.82, 2.24) is 0 Å². The summed E-state index contributed by atoms with van der Waals surface area (Å²) in [7, 11) is 0. The molecule has 1 saturated heterocycles. The lowest BCUT2D eigenvalue weighted by Crippen LogP contribution is -2.59. The average Bonchev–Trinajstić information content (AvgIpc) is 3.18. The predicted octanol–water partition coefficient (Wildman–Crippen LogP) is 8.44. The molecular formula is C45H74O10. The van der Waals surface area contributed by atoms with Crippen molar-refractivity contribution in [3.05, 3.63) is 72.9 Å². The Bertz CT molecular complexity index is 1120. The predicted molar refractivity (Wildman–Crippen MR) is 219 cm³/mol. The van der Waals surface area contributed by atoms with Crippen molar-refractivity contribution in [2.75, 3.05) is 19.8 Å². The fourth-order valence-corrected chi connectivity index (χ4v) is 5.68. The highest BCUT2D eigenvalue weighted by molar-refractivity contribution is 5.70. The molecule has 314 valence electrons. The first-order valence-corrected chi connectivity index (χ1v) is 21.0.